The Balaban J connectivity index is 2.00. The second kappa shape index (κ2) is 7.71. The van der Waals surface area contributed by atoms with Gasteiger partial charge in [-0.2, -0.15) is 0 Å². The molecule has 0 aromatic carbocycles. The van der Waals surface area contributed by atoms with E-state index in [-0.39, 0.29) is 5.91 Å². The van der Waals surface area contributed by atoms with Gasteiger partial charge in [0.2, 0.25) is 0 Å². The molecule has 0 spiro atoms. The van der Waals surface area contributed by atoms with Crippen LogP contribution < -0.4 is 0 Å². The van der Waals surface area contributed by atoms with E-state index in [4.69, 9.17) is 0 Å². The summed E-state index contributed by atoms with van der Waals surface area (Å²) in [5.41, 5.74) is 2.88. The second-order valence-electron chi connectivity index (χ2n) is 5.89. The number of amides is 1. The predicted molar refractivity (Wildman–Crippen MR) is 98.8 cm³/mol. The Labute approximate surface area is 150 Å². The Morgan fingerprint density at radius 2 is 1.96 bits per heavy atom. The molecule has 1 aliphatic heterocycles. The first-order chi connectivity index (χ1) is 11.7. The molecule has 1 aliphatic rings. The summed E-state index contributed by atoms with van der Waals surface area (Å²) in [5.74, 6) is 0.0422. The van der Waals surface area contributed by atoms with Crippen molar-refractivity contribution in [3.63, 3.8) is 0 Å². The van der Waals surface area contributed by atoms with Crippen molar-refractivity contribution in [3.8, 4) is 11.4 Å². The lowest BCUT2D eigenvalue weighted by atomic mass is 10.1. The first-order valence-electron chi connectivity index (χ1n) is 8.22. The molecule has 124 valence electrons. The second-order valence-corrected chi connectivity index (χ2v) is 6.70. The zero-order valence-electron chi connectivity index (χ0n) is 13.5. The van der Waals surface area contributed by atoms with Gasteiger partial charge in [-0.1, -0.05) is 12.1 Å². The van der Waals surface area contributed by atoms with E-state index in [0.717, 1.165) is 37.3 Å². The van der Waals surface area contributed by atoms with Crippen molar-refractivity contribution in [2.45, 2.75) is 25.7 Å². The minimum Gasteiger partial charge on any atom is -0.339 e. The van der Waals surface area contributed by atoms with E-state index < -0.39 is 0 Å². The molecule has 0 N–H and O–H groups in total. The van der Waals surface area contributed by atoms with Crippen LogP contribution in [-0.2, 0) is 6.42 Å². The maximum Gasteiger partial charge on any atom is 0.256 e. The van der Waals surface area contributed by atoms with E-state index in [0.29, 0.717) is 22.3 Å². The van der Waals surface area contributed by atoms with Crippen molar-refractivity contribution in [2.24, 2.45) is 0 Å². The molecule has 1 amide bonds. The summed E-state index contributed by atoms with van der Waals surface area (Å²) in [6.45, 7) is 5.39. The molecular formula is C19H20BrN3O. The molecule has 2 aromatic heterocycles. The van der Waals surface area contributed by atoms with Crippen molar-refractivity contribution in [3.05, 3.63) is 58.8 Å². The lowest BCUT2D eigenvalue weighted by Crippen LogP contribution is -2.36. The van der Waals surface area contributed by atoms with Crippen LogP contribution >= 0.6 is 15.9 Å². The lowest BCUT2D eigenvalue weighted by molar-refractivity contribution is 0.0724. The fourth-order valence-corrected chi connectivity index (χ4v) is 3.25. The minimum atomic E-state index is 0.0422. The Morgan fingerprint density at radius 3 is 2.71 bits per heavy atom. The number of nitrogens with zero attached hydrogens (tertiary/aromatic N) is 3. The fraction of sp³-hybridized carbons (Fsp3) is 0.316. The summed E-state index contributed by atoms with van der Waals surface area (Å²) < 4.78 is 0.698. The summed E-state index contributed by atoms with van der Waals surface area (Å²) in [7, 11) is 0. The monoisotopic (exact) mass is 385 g/mol. The Bertz CT molecular complexity index is 754. The Kier molecular flexibility index (Phi) is 5.41. The summed E-state index contributed by atoms with van der Waals surface area (Å²) in [6.07, 6.45) is 5.84. The zero-order chi connectivity index (χ0) is 16.9. The van der Waals surface area contributed by atoms with Crippen molar-refractivity contribution < 1.29 is 4.79 Å². The van der Waals surface area contributed by atoms with Gasteiger partial charge in [0.15, 0.2) is 0 Å². The Morgan fingerprint density at radius 1 is 1.17 bits per heavy atom. The molecule has 1 fully saturated rings. The summed E-state index contributed by atoms with van der Waals surface area (Å²) in [5, 5.41) is 0. The quantitative estimate of drug-likeness (QED) is 0.583. The third kappa shape index (κ3) is 3.73. The molecule has 24 heavy (non-hydrogen) atoms. The number of pyridine rings is 2. The number of hydrogen-bond acceptors (Lipinski definition) is 3. The molecule has 3 rings (SSSR count). The van der Waals surface area contributed by atoms with Crippen molar-refractivity contribution in [1.82, 2.24) is 14.9 Å². The molecule has 0 bridgehead atoms. The van der Waals surface area contributed by atoms with Gasteiger partial charge >= 0.3 is 0 Å². The summed E-state index contributed by atoms with van der Waals surface area (Å²) >= 11 is 3.41. The standard InChI is InChI=1S/C19H20BrN3O/c1-2-7-14-8-6-9-16(21-14)18-15(10-11-17(20)22-18)19(24)23-12-4-3-5-13-23/h2,6,8-11H,1,3-5,7,12-13H2. The highest BCUT2D eigenvalue weighted by atomic mass is 79.9. The van der Waals surface area contributed by atoms with Gasteiger partial charge in [0, 0.05) is 25.2 Å². The molecule has 3 heterocycles. The number of carbonyl (C=O) groups is 1. The molecular weight excluding hydrogens is 366 g/mol. The van der Waals surface area contributed by atoms with Crippen LogP contribution in [0.2, 0.25) is 0 Å². The number of aromatic nitrogens is 2. The van der Waals surface area contributed by atoms with Crippen LogP contribution in [0.5, 0.6) is 0 Å². The van der Waals surface area contributed by atoms with Crippen molar-refractivity contribution in [1.29, 1.82) is 0 Å². The zero-order valence-corrected chi connectivity index (χ0v) is 15.1. The van der Waals surface area contributed by atoms with Crippen LogP contribution in [0.4, 0.5) is 0 Å². The highest BCUT2D eigenvalue weighted by Crippen LogP contribution is 2.25. The topological polar surface area (TPSA) is 46.1 Å². The first kappa shape index (κ1) is 16.8. The molecule has 0 aliphatic carbocycles. The van der Waals surface area contributed by atoms with Crippen LogP contribution in [0, 0.1) is 0 Å². The number of likely N-dealkylation sites (tertiary alicyclic amines) is 1. The highest BCUT2D eigenvalue weighted by molar-refractivity contribution is 9.10. The fourth-order valence-electron chi connectivity index (χ4n) is 2.94. The molecule has 0 unspecified atom stereocenters. The lowest BCUT2D eigenvalue weighted by Gasteiger charge is -2.27. The number of carbonyl (C=O) groups excluding carboxylic acids is 1. The van der Waals surface area contributed by atoms with Crippen LogP contribution in [0.15, 0.2) is 47.6 Å². The maximum absolute atomic E-state index is 12.9. The molecule has 1 saturated heterocycles. The number of piperidine rings is 1. The summed E-state index contributed by atoms with van der Waals surface area (Å²) in [6, 6.07) is 9.45. The molecule has 0 atom stereocenters. The minimum absolute atomic E-state index is 0.0422. The molecule has 0 radical (unpaired) electrons. The van der Waals surface area contributed by atoms with E-state index >= 15 is 0 Å². The third-order valence-electron chi connectivity index (χ3n) is 4.14. The maximum atomic E-state index is 12.9. The number of hydrogen-bond donors (Lipinski definition) is 0. The average Bonchev–Trinajstić information content (AvgIpc) is 2.62. The van der Waals surface area contributed by atoms with Crippen LogP contribution in [-0.4, -0.2) is 33.9 Å². The largest absolute Gasteiger partial charge is 0.339 e. The molecule has 2 aromatic rings. The van der Waals surface area contributed by atoms with Gasteiger partial charge in [-0.05, 0) is 59.5 Å². The van der Waals surface area contributed by atoms with Crippen molar-refractivity contribution in [2.75, 3.05) is 13.1 Å². The first-order valence-corrected chi connectivity index (χ1v) is 9.01. The number of rotatable bonds is 4. The van der Waals surface area contributed by atoms with Crippen LogP contribution in [0.25, 0.3) is 11.4 Å². The molecule has 5 heteroatoms. The molecule has 4 nitrogen and oxygen atoms in total. The predicted octanol–water partition coefficient (Wildman–Crippen LogP) is 4.26. The average molecular weight is 386 g/mol. The van der Waals surface area contributed by atoms with Crippen molar-refractivity contribution >= 4 is 21.8 Å². The van der Waals surface area contributed by atoms with E-state index in [1.54, 1.807) is 0 Å². The van der Waals surface area contributed by atoms with E-state index in [9.17, 15) is 4.79 Å². The number of halogens is 1. The van der Waals surface area contributed by atoms with Gasteiger partial charge in [-0.15, -0.1) is 6.58 Å². The van der Waals surface area contributed by atoms with Gasteiger partial charge < -0.3 is 4.90 Å². The Hall–Kier alpha value is -2.01. The summed E-state index contributed by atoms with van der Waals surface area (Å²) in [4.78, 5) is 24.0. The third-order valence-corrected chi connectivity index (χ3v) is 4.58. The van der Waals surface area contributed by atoms with Crippen LogP contribution in [0.3, 0.4) is 0 Å². The normalized spacial score (nSPS) is 14.5. The van der Waals surface area contributed by atoms with E-state index in [1.165, 1.54) is 6.42 Å². The van der Waals surface area contributed by atoms with Gasteiger partial charge in [-0.3, -0.25) is 9.78 Å². The smallest absolute Gasteiger partial charge is 0.256 e. The van der Waals surface area contributed by atoms with Crippen LogP contribution in [0.1, 0.15) is 35.3 Å². The SMILES string of the molecule is C=CCc1cccc(-c2nc(Br)ccc2C(=O)N2CCCCC2)n1. The highest BCUT2D eigenvalue weighted by Gasteiger charge is 2.23. The van der Waals surface area contributed by atoms with Gasteiger partial charge in [0.05, 0.1) is 11.3 Å². The van der Waals surface area contributed by atoms with E-state index in [1.807, 2.05) is 41.3 Å². The van der Waals surface area contributed by atoms with Gasteiger partial charge in [0.25, 0.3) is 5.91 Å². The van der Waals surface area contributed by atoms with Gasteiger partial charge in [0.1, 0.15) is 10.3 Å². The number of allylic oxidation sites excluding steroid dienone is 1. The molecule has 0 saturated carbocycles. The van der Waals surface area contributed by atoms with Gasteiger partial charge in [-0.25, -0.2) is 4.98 Å². The van der Waals surface area contributed by atoms with E-state index in [2.05, 4.69) is 32.5 Å².